The van der Waals surface area contributed by atoms with E-state index in [0.29, 0.717) is 17.0 Å². The van der Waals surface area contributed by atoms with Gasteiger partial charge in [0.2, 0.25) is 0 Å². The Hall–Kier alpha value is -4.65. The van der Waals surface area contributed by atoms with Crippen molar-refractivity contribution in [3.63, 3.8) is 0 Å². The van der Waals surface area contributed by atoms with Crippen LogP contribution >= 0.6 is 0 Å². The first-order valence-electron chi connectivity index (χ1n) is 15.1. The van der Waals surface area contributed by atoms with Gasteiger partial charge in [0.05, 0.1) is 0 Å². The summed E-state index contributed by atoms with van der Waals surface area (Å²) in [5.41, 5.74) is 7.67. The number of rotatable bonds is 10. The Labute approximate surface area is 253 Å². The minimum atomic E-state index is -0.0258. The number of H-pyrrole nitrogens is 2. The third-order valence-corrected chi connectivity index (χ3v) is 7.56. The molecule has 6 aromatic rings. The quantitative estimate of drug-likeness (QED) is 0.162. The molecule has 0 saturated carbocycles. The lowest BCUT2D eigenvalue weighted by atomic mass is 10.0. The summed E-state index contributed by atoms with van der Waals surface area (Å²) in [6.45, 7) is 8.89. The monoisotopic (exact) mass is 572 g/mol. The van der Waals surface area contributed by atoms with Crippen molar-refractivity contribution < 1.29 is 4.79 Å². The zero-order valence-corrected chi connectivity index (χ0v) is 25.5. The van der Waals surface area contributed by atoms with Crippen LogP contribution in [0.4, 0.5) is 0 Å². The first kappa shape index (κ1) is 29.8. The minimum Gasteiger partial charge on any atom is -0.346 e. The molecule has 0 radical (unpaired) electrons. The fraction of sp³-hybridized carbons (Fsp3) is 0.306. The van der Waals surface area contributed by atoms with Crippen LogP contribution in [-0.4, -0.2) is 35.7 Å². The molecule has 0 bridgehead atoms. The molecule has 220 valence electrons. The van der Waals surface area contributed by atoms with Gasteiger partial charge in [0, 0.05) is 76.9 Å². The lowest BCUT2D eigenvalue weighted by Gasteiger charge is -2.05. The number of fused-ring (bicyclic) bond motifs is 2. The van der Waals surface area contributed by atoms with Crippen LogP contribution in [0.5, 0.6) is 0 Å². The van der Waals surface area contributed by atoms with Gasteiger partial charge in [0.25, 0.3) is 0 Å². The van der Waals surface area contributed by atoms with Gasteiger partial charge in [-0.3, -0.25) is 14.8 Å². The molecule has 0 unspecified atom stereocenters. The van der Waals surface area contributed by atoms with Crippen molar-refractivity contribution in [2.45, 2.75) is 59.8 Å². The van der Waals surface area contributed by atoms with Crippen LogP contribution in [0.25, 0.3) is 22.1 Å². The Bertz CT molecular complexity index is 1760. The van der Waals surface area contributed by atoms with Gasteiger partial charge in [0.1, 0.15) is 11.3 Å². The lowest BCUT2D eigenvalue weighted by Crippen LogP contribution is -2.03. The molecule has 0 spiro atoms. The van der Waals surface area contributed by atoms with E-state index in [9.17, 15) is 4.79 Å². The number of nitrogens with zero attached hydrogens (tertiary/aromatic N) is 4. The molecule has 7 nitrogen and oxygen atoms in total. The fourth-order valence-electron chi connectivity index (χ4n) is 4.97. The summed E-state index contributed by atoms with van der Waals surface area (Å²) in [6, 6.07) is 16.0. The van der Waals surface area contributed by atoms with Crippen molar-refractivity contribution in [2.75, 3.05) is 0 Å². The van der Waals surface area contributed by atoms with Gasteiger partial charge in [-0.15, -0.1) is 0 Å². The topological polar surface area (TPSA) is 100 Å². The number of aromatic nitrogens is 6. The van der Waals surface area contributed by atoms with E-state index in [0.717, 1.165) is 54.0 Å². The summed E-state index contributed by atoms with van der Waals surface area (Å²) in [5, 5.41) is 2.04. The molecule has 43 heavy (non-hydrogen) atoms. The van der Waals surface area contributed by atoms with E-state index in [-0.39, 0.29) is 5.78 Å². The molecule has 7 heteroatoms. The number of carbonyl (C=O) groups is 1. The van der Waals surface area contributed by atoms with Gasteiger partial charge >= 0.3 is 0 Å². The molecule has 0 aliphatic carbocycles. The molecule has 0 atom stereocenters. The largest absolute Gasteiger partial charge is 0.346 e. The highest BCUT2D eigenvalue weighted by molar-refractivity contribution is 6.15. The zero-order valence-electron chi connectivity index (χ0n) is 25.5. The van der Waals surface area contributed by atoms with E-state index in [2.05, 4.69) is 75.8 Å². The Morgan fingerprint density at radius 2 is 1.30 bits per heavy atom. The van der Waals surface area contributed by atoms with Crippen molar-refractivity contribution >= 4 is 27.9 Å². The molecule has 6 aromatic heterocycles. The molecule has 2 N–H and O–H groups in total. The van der Waals surface area contributed by atoms with Gasteiger partial charge in [-0.2, -0.15) is 0 Å². The molecular weight excluding hydrogens is 532 g/mol. The highest BCUT2D eigenvalue weighted by atomic mass is 16.1. The van der Waals surface area contributed by atoms with Gasteiger partial charge in [-0.1, -0.05) is 33.8 Å². The molecule has 0 saturated heterocycles. The molecule has 0 aliphatic heterocycles. The molecule has 6 rings (SSSR count). The second-order valence-corrected chi connectivity index (χ2v) is 11.9. The summed E-state index contributed by atoms with van der Waals surface area (Å²) in [5.74, 6) is 1.36. The van der Waals surface area contributed by atoms with Crippen LogP contribution in [-0.2, 0) is 19.3 Å². The predicted molar refractivity (Wildman–Crippen MR) is 173 cm³/mol. The average Bonchev–Trinajstić information content (AvgIpc) is 3.64. The van der Waals surface area contributed by atoms with Crippen LogP contribution in [0.15, 0.2) is 85.7 Å². The third-order valence-electron chi connectivity index (χ3n) is 7.56. The third kappa shape index (κ3) is 7.80. The number of aryl methyl sites for hydroxylation is 2. The molecule has 0 aliphatic rings. The number of nitrogens with one attached hydrogen (secondary N) is 2. The Morgan fingerprint density at radius 1 is 0.698 bits per heavy atom. The average molecular weight is 573 g/mol. The summed E-state index contributed by atoms with van der Waals surface area (Å²) >= 11 is 0. The molecular formula is C36H40N6O. The molecule has 0 fully saturated rings. The van der Waals surface area contributed by atoms with E-state index in [1.54, 1.807) is 18.6 Å². The van der Waals surface area contributed by atoms with Gasteiger partial charge < -0.3 is 9.97 Å². The van der Waals surface area contributed by atoms with Crippen molar-refractivity contribution in [3.8, 4) is 0 Å². The summed E-state index contributed by atoms with van der Waals surface area (Å²) < 4.78 is 0. The van der Waals surface area contributed by atoms with Crippen LogP contribution in [0.2, 0.25) is 0 Å². The predicted octanol–water partition coefficient (Wildman–Crippen LogP) is 7.91. The van der Waals surface area contributed by atoms with Crippen molar-refractivity contribution in [3.05, 3.63) is 119 Å². The molecule has 0 aromatic carbocycles. The summed E-state index contributed by atoms with van der Waals surface area (Å²) in [6.07, 6.45) is 16.2. The maximum Gasteiger partial charge on any atom is 0.196 e. The van der Waals surface area contributed by atoms with Crippen LogP contribution in [0.1, 0.15) is 79.0 Å². The van der Waals surface area contributed by atoms with Crippen molar-refractivity contribution in [1.29, 1.82) is 0 Å². The minimum absolute atomic E-state index is 0.0258. The first-order valence-corrected chi connectivity index (χ1v) is 15.1. The highest BCUT2D eigenvalue weighted by Crippen LogP contribution is 2.21. The second-order valence-electron chi connectivity index (χ2n) is 11.9. The standard InChI is InChI=1S/C18H19N3O.C18H21N3/c1-12(2)5-7-14-8-6-13(10-20-14)17(22)16-11-21-18-15(16)4-3-9-19-18;1-13(2)5-7-16-8-6-14(11-20-16)10-15-12-21-18-17(15)4-3-9-19-18/h3-4,6,8-12H,5,7H2,1-2H3,(H,19,21);3-4,6,8-9,11-13H,5,7,10H2,1-2H3,(H,19,21). The van der Waals surface area contributed by atoms with Gasteiger partial charge in [0.15, 0.2) is 5.78 Å². The highest BCUT2D eigenvalue weighted by Gasteiger charge is 2.15. The maximum absolute atomic E-state index is 12.6. The van der Waals surface area contributed by atoms with Crippen LogP contribution in [0.3, 0.4) is 0 Å². The number of pyridine rings is 4. The maximum atomic E-state index is 12.6. The number of aromatic amines is 2. The first-order chi connectivity index (χ1) is 20.9. The smallest absolute Gasteiger partial charge is 0.196 e. The van der Waals surface area contributed by atoms with E-state index in [1.165, 1.54) is 28.6 Å². The van der Waals surface area contributed by atoms with Gasteiger partial charge in [-0.25, -0.2) is 9.97 Å². The fourth-order valence-corrected chi connectivity index (χ4v) is 4.97. The Kier molecular flexibility index (Phi) is 9.72. The second kappa shape index (κ2) is 14.0. The van der Waals surface area contributed by atoms with Crippen molar-refractivity contribution in [2.24, 2.45) is 11.8 Å². The van der Waals surface area contributed by atoms with Crippen molar-refractivity contribution in [1.82, 2.24) is 29.9 Å². The molecule has 0 amide bonds. The number of ketones is 1. The van der Waals surface area contributed by atoms with Crippen LogP contribution < -0.4 is 0 Å². The normalized spacial score (nSPS) is 11.3. The Morgan fingerprint density at radius 3 is 1.91 bits per heavy atom. The summed E-state index contributed by atoms with van der Waals surface area (Å²) in [4.78, 5) is 36.4. The number of hydrogen-bond acceptors (Lipinski definition) is 5. The SMILES string of the molecule is CC(C)CCc1ccc(C(=O)c2c[nH]c3ncccc23)cn1.CC(C)CCc1ccc(Cc2c[nH]c3ncccc23)cn1. The van der Waals surface area contributed by atoms with Gasteiger partial charge in [-0.05, 0) is 91.1 Å². The summed E-state index contributed by atoms with van der Waals surface area (Å²) in [7, 11) is 0. The molecule has 6 heterocycles. The zero-order chi connectivity index (χ0) is 30.2. The number of hydrogen-bond donors (Lipinski definition) is 2. The van der Waals surface area contributed by atoms with E-state index >= 15 is 0 Å². The Balaban J connectivity index is 0.000000171. The van der Waals surface area contributed by atoms with E-state index in [1.807, 2.05) is 48.9 Å². The van der Waals surface area contributed by atoms with Crippen LogP contribution in [0, 0.1) is 11.8 Å². The van der Waals surface area contributed by atoms with E-state index < -0.39 is 0 Å². The lowest BCUT2D eigenvalue weighted by molar-refractivity contribution is 0.104. The number of carbonyl (C=O) groups excluding carboxylic acids is 1. The van der Waals surface area contributed by atoms with E-state index in [4.69, 9.17) is 0 Å².